The van der Waals surface area contributed by atoms with Gasteiger partial charge in [0, 0.05) is 21.8 Å². The average Bonchev–Trinajstić information content (AvgIpc) is 3.07. The lowest BCUT2D eigenvalue weighted by molar-refractivity contribution is 1.52. The molecule has 3 heteroatoms. The summed E-state index contributed by atoms with van der Waals surface area (Å²) >= 11 is 0. The first-order valence-corrected chi connectivity index (χ1v) is 6.40. The molecule has 5 aromatic rings. The minimum atomic E-state index is 1.16. The second-order valence-electron chi connectivity index (χ2n) is 4.97. The molecule has 0 aliphatic rings. The zero-order chi connectivity index (χ0) is 12.4. The summed E-state index contributed by atoms with van der Waals surface area (Å²) in [6, 6.07) is 16.8. The number of benzene rings is 2. The van der Waals surface area contributed by atoms with E-state index in [0.717, 1.165) is 11.0 Å². The Kier molecular flexibility index (Phi) is 1.47. The molecule has 0 radical (unpaired) electrons. The molecule has 3 nitrogen and oxygen atoms in total. The summed E-state index contributed by atoms with van der Waals surface area (Å²) in [4.78, 5) is 10.6. The van der Waals surface area contributed by atoms with Crippen LogP contribution in [-0.4, -0.2) is 15.0 Å². The smallest absolute Gasteiger partial charge is 0.0891 e. The number of nitrogens with one attached hydrogen (secondary N) is 3. The van der Waals surface area contributed by atoms with E-state index in [1.807, 2.05) is 0 Å². The van der Waals surface area contributed by atoms with Gasteiger partial charge in [-0.2, -0.15) is 0 Å². The van der Waals surface area contributed by atoms with Gasteiger partial charge in [0.25, 0.3) is 0 Å². The summed E-state index contributed by atoms with van der Waals surface area (Å²) in [6.45, 7) is 0. The van der Waals surface area contributed by atoms with Crippen molar-refractivity contribution in [2.24, 2.45) is 0 Å². The molecule has 0 fully saturated rings. The van der Waals surface area contributed by atoms with E-state index in [-0.39, 0.29) is 0 Å². The van der Waals surface area contributed by atoms with E-state index in [1.54, 1.807) is 0 Å². The second-order valence-corrected chi connectivity index (χ2v) is 4.97. The van der Waals surface area contributed by atoms with E-state index in [4.69, 9.17) is 0 Å². The Morgan fingerprint density at radius 3 is 1.47 bits per heavy atom. The van der Waals surface area contributed by atoms with Crippen LogP contribution in [-0.2, 0) is 0 Å². The number of hydrogen-bond acceptors (Lipinski definition) is 0. The molecular formula is C16H11N3. The quantitative estimate of drug-likeness (QED) is 0.364. The van der Waals surface area contributed by atoms with Crippen LogP contribution in [0.5, 0.6) is 0 Å². The first kappa shape index (κ1) is 9.28. The highest BCUT2D eigenvalue weighted by atomic mass is 14.9. The van der Waals surface area contributed by atoms with E-state index >= 15 is 0 Å². The van der Waals surface area contributed by atoms with Crippen LogP contribution >= 0.6 is 0 Å². The largest absolute Gasteiger partial charge is 0.351 e. The van der Waals surface area contributed by atoms with Crippen LogP contribution in [0.3, 0.4) is 0 Å². The van der Waals surface area contributed by atoms with Gasteiger partial charge in [-0.25, -0.2) is 0 Å². The molecule has 0 amide bonds. The summed E-state index contributed by atoms with van der Waals surface area (Å²) in [6.07, 6.45) is 0. The second kappa shape index (κ2) is 3.01. The van der Waals surface area contributed by atoms with Crippen LogP contribution in [0, 0.1) is 0 Å². The average molecular weight is 245 g/mol. The van der Waals surface area contributed by atoms with Crippen LogP contribution < -0.4 is 0 Å². The van der Waals surface area contributed by atoms with E-state index in [9.17, 15) is 0 Å². The molecule has 3 aromatic heterocycles. The molecule has 0 aliphatic heterocycles. The fourth-order valence-electron chi connectivity index (χ4n) is 3.04. The van der Waals surface area contributed by atoms with Crippen molar-refractivity contribution in [2.45, 2.75) is 0 Å². The maximum Gasteiger partial charge on any atom is 0.0891 e. The van der Waals surface area contributed by atoms with Crippen LogP contribution in [0.2, 0.25) is 0 Å². The number of aromatic nitrogens is 3. The van der Waals surface area contributed by atoms with Gasteiger partial charge in [0.05, 0.1) is 22.1 Å². The molecule has 3 N–H and O–H groups in total. The summed E-state index contributed by atoms with van der Waals surface area (Å²) in [5.41, 5.74) is 7.03. The van der Waals surface area contributed by atoms with Gasteiger partial charge >= 0.3 is 0 Å². The van der Waals surface area contributed by atoms with Gasteiger partial charge in [-0.3, -0.25) is 0 Å². The van der Waals surface area contributed by atoms with Gasteiger partial charge in [-0.15, -0.1) is 0 Å². The predicted octanol–water partition coefficient (Wildman–Crippen LogP) is 4.28. The maximum atomic E-state index is 3.56. The molecule has 0 aliphatic carbocycles. The molecule has 0 atom stereocenters. The Bertz CT molecular complexity index is 974. The Labute approximate surface area is 108 Å². The predicted molar refractivity (Wildman–Crippen MR) is 79.5 cm³/mol. The Hall–Kier alpha value is -2.68. The third-order valence-electron chi connectivity index (χ3n) is 3.91. The topological polar surface area (TPSA) is 47.4 Å². The monoisotopic (exact) mass is 245 g/mol. The van der Waals surface area contributed by atoms with Crippen molar-refractivity contribution in [3.05, 3.63) is 48.5 Å². The zero-order valence-electron chi connectivity index (χ0n) is 10.1. The molecule has 90 valence electrons. The number of H-pyrrole nitrogens is 3. The van der Waals surface area contributed by atoms with Crippen molar-refractivity contribution in [3.63, 3.8) is 0 Å². The molecule has 0 saturated heterocycles. The van der Waals surface area contributed by atoms with Gasteiger partial charge in [0.2, 0.25) is 0 Å². The minimum Gasteiger partial charge on any atom is -0.351 e. The van der Waals surface area contributed by atoms with E-state index in [0.29, 0.717) is 0 Å². The van der Waals surface area contributed by atoms with Crippen molar-refractivity contribution in [1.82, 2.24) is 15.0 Å². The van der Waals surface area contributed by atoms with Crippen LogP contribution in [0.25, 0.3) is 43.9 Å². The van der Waals surface area contributed by atoms with Gasteiger partial charge in [-0.1, -0.05) is 36.4 Å². The standard InChI is InChI=1S/C16H11N3/c1-3-7-11-9(5-1)13-15(17-11)16-14(19-13)10-6-2-4-8-12(10)18-16/h1-8,17-19H. The van der Waals surface area contributed by atoms with E-state index in [1.165, 1.54) is 32.8 Å². The van der Waals surface area contributed by atoms with Gasteiger partial charge in [0.1, 0.15) is 0 Å². The highest BCUT2D eigenvalue weighted by Gasteiger charge is 2.13. The van der Waals surface area contributed by atoms with Crippen LogP contribution in [0.15, 0.2) is 48.5 Å². The highest BCUT2D eigenvalue weighted by molar-refractivity contribution is 6.21. The van der Waals surface area contributed by atoms with Crippen LogP contribution in [0.4, 0.5) is 0 Å². The number of hydrogen-bond donors (Lipinski definition) is 3. The number of rotatable bonds is 0. The van der Waals surface area contributed by atoms with Crippen molar-refractivity contribution >= 4 is 43.9 Å². The summed E-state index contributed by atoms with van der Waals surface area (Å²) in [5, 5.41) is 2.48. The van der Waals surface area contributed by atoms with Crippen LogP contribution in [0.1, 0.15) is 0 Å². The molecule has 19 heavy (non-hydrogen) atoms. The molecule has 3 heterocycles. The molecule has 0 spiro atoms. The SMILES string of the molecule is c1ccc2c(c1)[nH]c1c2[nH]c2c3ccccc3[nH]c21. The fourth-order valence-corrected chi connectivity index (χ4v) is 3.04. The molecule has 0 bridgehead atoms. The van der Waals surface area contributed by atoms with Crippen molar-refractivity contribution < 1.29 is 0 Å². The molecule has 0 unspecified atom stereocenters. The Morgan fingerprint density at radius 2 is 0.947 bits per heavy atom. The number of aromatic amines is 3. The zero-order valence-corrected chi connectivity index (χ0v) is 10.1. The molecule has 2 aromatic carbocycles. The lowest BCUT2D eigenvalue weighted by Gasteiger charge is -1.89. The first-order valence-electron chi connectivity index (χ1n) is 6.40. The van der Waals surface area contributed by atoms with Crippen molar-refractivity contribution in [3.8, 4) is 0 Å². The third kappa shape index (κ3) is 1.03. The highest BCUT2D eigenvalue weighted by Crippen LogP contribution is 2.34. The Balaban J connectivity index is 2.10. The summed E-state index contributed by atoms with van der Waals surface area (Å²) < 4.78 is 0. The summed E-state index contributed by atoms with van der Waals surface area (Å²) in [5.74, 6) is 0. The molecule has 5 rings (SSSR count). The minimum absolute atomic E-state index is 1.16. The molecule has 0 saturated carbocycles. The van der Waals surface area contributed by atoms with E-state index < -0.39 is 0 Å². The number of fused-ring (bicyclic) bond motifs is 7. The lowest BCUT2D eigenvalue weighted by atomic mass is 10.2. The van der Waals surface area contributed by atoms with Crippen molar-refractivity contribution in [1.29, 1.82) is 0 Å². The maximum absolute atomic E-state index is 3.56. The van der Waals surface area contributed by atoms with Gasteiger partial charge < -0.3 is 15.0 Å². The third-order valence-corrected chi connectivity index (χ3v) is 3.91. The van der Waals surface area contributed by atoms with Gasteiger partial charge in [-0.05, 0) is 12.1 Å². The summed E-state index contributed by atoms with van der Waals surface area (Å²) in [7, 11) is 0. The van der Waals surface area contributed by atoms with Crippen molar-refractivity contribution in [2.75, 3.05) is 0 Å². The fraction of sp³-hybridized carbons (Fsp3) is 0. The lowest BCUT2D eigenvalue weighted by Crippen LogP contribution is -1.68. The van der Waals surface area contributed by atoms with Gasteiger partial charge in [0.15, 0.2) is 0 Å². The first-order chi connectivity index (χ1) is 9.42. The normalized spacial score (nSPS) is 12.2. The molecular weight excluding hydrogens is 234 g/mol. The Morgan fingerprint density at radius 1 is 0.474 bits per heavy atom. The number of para-hydroxylation sites is 2. The van der Waals surface area contributed by atoms with E-state index in [2.05, 4.69) is 63.5 Å².